The van der Waals surface area contributed by atoms with Crippen molar-refractivity contribution in [2.75, 3.05) is 11.9 Å². The largest absolute Gasteiger partial charge is 0.483 e. The van der Waals surface area contributed by atoms with Crippen molar-refractivity contribution >= 4 is 23.3 Å². The molecular formula is C25H24N2O4. The van der Waals surface area contributed by atoms with E-state index in [9.17, 15) is 14.4 Å². The van der Waals surface area contributed by atoms with Gasteiger partial charge < -0.3 is 15.4 Å². The van der Waals surface area contributed by atoms with Gasteiger partial charge in [0.25, 0.3) is 11.8 Å². The van der Waals surface area contributed by atoms with Gasteiger partial charge in [-0.15, -0.1) is 0 Å². The Bertz CT molecular complexity index is 1080. The maximum atomic E-state index is 12.8. The van der Waals surface area contributed by atoms with Crippen LogP contribution in [0.2, 0.25) is 0 Å². The van der Waals surface area contributed by atoms with Gasteiger partial charge in [0.05, 0.1) is 11.6 Å². The van der Waals surface area contributed by atoms with E-state index in [0.717, 1.165) is 5.56 Å². The summed E-state index contributed by atoms with van der Waals surface area (Å²) in [4.78, 5) is 36.5. The molecule has 2 N–H and O–H groups in total. The standard InChI is InChI=1S/C25H24N2O4/c1-17(19-9-4-3-5-10-19)26-25(30)22-13-6-7-14-23(22)31-16-24(29)27-21-12-8-11-20(15-21)18(2)28/h3-15,17H,16H2,1-2H3,(H,26,30)(H,27,29). The smallest absolute Gasteiger partial charge is 0.262 e. The monoisotopic (exact) mass is 416 g/mol. The zero-order chi connectivity index (χ0) is 22.2. The van der Waals surface area contributed by atoms with E-state index in [0.29, 0.717) is 22.6 Å². The minimum Gasteiger partial charge on any atom is -0.483 e. The van der Waals surface area contributed by atoms with Crippen LogP contribution in [0.3, 0.4) is 0 Å². The van der Waals surface area contributed by atoms with Crippen LogP contribution in [0.15, 0.2) is 78.9 Å². The van der Waals surface area contributed by atoms with Crippen molar-refractivity contribution < 1.29 is 19.1 Å². The lowest BCUT2D eigenvalue weighted by Crippen LogP contribution is -2.27. The number of hydrogen-bond acceptors (Lipinski definition) is 4. The van der Waals surface area contributed by atoms with Crippen molar-refractivity contribution in [3.05, 3.63) is 95.6 Å². The second-order valence-electron chi connectivity index (χ2n) is 7.08. The Hall–Kier alpha value is -3.93. The van der Waals surface area contributed by atoms with Crippen LogP contribution in [0.25, 0.3) is 0 Å². The van der Waals surface area contributed by atoms with Gasteiger partial charge in [-0.1, -0.05) is 54.6 Å². The lowest BCUT2D eigenvalue weighted by molar-refractivity contribution is -0.118. The van der Waals surface area contributed by atoms with Gasteiger partial charge in [0.1, 0.15) is 5.75 Å². The van der Waals surface area contributed by atoms with Gasteiger partial charge >= 0.3 is 0 Å². The first-order valence-corrected chi connectivity index (χ1v) is 9.92. The number of ether oxygens (including phenoxy) is 1. The molecule has 3 rings (SSSR count). The maximum absolute atomic E-state index is 12.8. The second-order valence-corrected chi connectivity index (χ2v) is 7.08. The number of benzene rings is 3. The zero-order valence-corrected chi connectivity index (χ0v) is 17.4. The molecule has 0 aliphatic heterocycles. The fourth-order valence-electron chi connectivity index (χ4n) is 3.04. The molecule has 6 heteroatoms. The van der Waals surface area contributed by atoms with E-state index in [2.05, 4.69) is 10.6 Å². The Kier molecular flexibility index (Phi) is 7.17. The van der Waals surface area contributed by atoms with Crippen molar-refractivity contribution in [3.63, 3.8) is 0 Å². The molecule has 0 radical (unpaired) electrons. The fourth-order valence-corrected chi connectivity index (χ4v) is 3.04. The number of ketones is 1. The summed E-state index contributed by atoms with van der Waals surface area (Å²) in [5.41, 5.74) is 2.34. The zero-order valence-electron chi connectivity index (χ0n) is 17.4. The van der Waals surface area contributed by atoms with Crippen LogP contribution in [0.5, 0.6) is 5.75 Å². The molecule has 6 nitrogen and oxygen atoms in total. The van der Waals surface area contributed by atoms with Crippen LogP contribution in [0, 0.1) is 0 Å². The Morgan fingerprint density at radius 1 is 0.903 bits per heavy atom. The number of nitrogens with one attached hydrogen (secondary N) is 2. The highest BCUT2D eigenvalue weighted by atomic mass is 16.5. The minimum atomic E-state index is -0.395. The third-order valence-electron chi connectivity index (χ3n) is 4.69. The third kappa shape index (κ3) is 6.02. The van der Waals surface area contributed by atoms with Crippen LogP contribution in [-0.2, 0) is 4.79 Å². The Balaban J connectivity index is 1.62. The number of Topliss-reactive ketones (excluding diaryl/α,β-unsaturated/α-hetero) is 1. The summed E-state index contributed by atoms with van der Waals surface area (Å²) >= 11 is 0. The Labute approximate surface area is 181 Å². The SMILES string of the molecule is CC(=O)c1cccc(NC(=O)COc2ccccc2C(=O)NC(C)c2ccccc2)c1. The summed E-state index contributed by atoms with van der Waals surface area (Å²) in [7, 11) is 0. The van der Waals surface area contributed by atoms with Crippen molar-refractivity contribution in [2.24, 2.45) is 0 Å². The molecule has 0 bridgehead atoms. The summed E-state index contributed by atoms with van der Waals surface area (Å²) in [6.45, 7) is 3.09. The molecule has 3 aromatic carbocycles. The highest BCUT2D eigenvalue weighted by Crippen LogP contribution is 2.20. The van der Waals surface area contributed by atoms with Crippen molar-refractivity contribution in [3.8, 4) is 5.75 Å². The Morgan fingerprint density at radius 3 is 2.35 bits per heavy atom. The van der Waals surface area contributed by atoms with E-state index in [1.54, 1.807) is 48.5 Å². The van der Waals surface area contributed by atoms with Crippen LogP contribution < -0.4 is 15.4 Å². The van der Waals surface area contributed by atoms with Gasteiger partial charge in [-0.2, -0.15) is 0 Å². The quantitative estimate of drug-likeness (QED) is 0.533. The number of amides is 2. The highest BCUT2D eigenvalue weighted by Gasteiger charge is 2.16. The van der Waals surface area contributed by atoms with E-state index in [1.807, 2.05) is 37.3 Å². The normalized spacial score (nSPS) is 11.3. The molecule has 0 heterocycles. The summed E-state index contributed by atoms with van der Waals surface area (Å²) in [6, 6.07) is 22.9. The van der Waals surface area contributed by atoms with Crippen molar-refractivity contribution in [2.45, 2.75) is 19.9 Å². The summed E-state index contributed by atoms with van der Waals surface area (Å²) in [5.74, 6) is -0.458. The minimum absolute atomic E-state index is 0.0861. The molecular weight excluding hydrogens is 392 g/mol. The van der Waals surface area contributed by atoms with Gasteiger partial charge in [0.15, 0.2) is 12.4 Å². The first-order valence-electron chi connectivity index (χ1n) is 9.92. The number of carbonyl (C=O) groups is 3. The number of hydrogen-bond donors (Lipinski definition) is 2. The molecule has 31 heavy (non-hydrogen) atoms. The summed E-state index contributed by atoms with van der Waals surface area (Å²) in [5, 5.41) is 5.64. The molecule has 2 amide bonds. The summed E-state index contributed by atoms with van der Waals surface area (Å²) in [6.07, 6.45) is 0. The van der Waals surface area contributed by atoms with E-state index >= 15 is 0 Å². The number of anilines is 1. The molecule has 0 fully saturated rings. The first-order chi connectivity index (χ1) is 14.9. The molecule has 0 saturated heterocycles. The van der Waals surface area contributed by atoms with Gasteiger partial charge in [0, 0.05) is 11.3 Å². The number of para-hydroxylation sites is 1. The van der Waals surface area contributed by atoms with Crippen LogP contribution in [0.1, 0.15) is 46.2 Å². The van der Waals surface area contributed by atoms with Crippen molar-refractivity contribution in [1.82, 2.24) is 5.32 Å². The average molecular weight is 416 g/mol. The molecule has 1 atom stereocenters. The van der Waals surface area contributed by atoms with E-state index < -0.39 is 5.91 Å². The fraction of sp³-hybridized carbons (Fsp3) is 0.160. The molecule has 0 spiro atoms. The van der Waals surface area contributed by atoms with Crippen molar-refractivity contribution in [1.29, 1.82) is 0 Å². The highest BCUT2D eigenvalue weighted by molar-refractivity contribution is 5.98. The predicted molar refractivity (Wildman–Crippen MR) is 119 cm³/mol. The van der Waals surface area contributed by atoms with Gasteiger partial charge in [-0.3, -0.25) is 14.4 Å². The Morgan fingerprint density at radius 2 is 1.61 bits per heavy atom. The lowest BCUT2D eigenvalue weighted by atomic mass is 10.1. The van der Waals surface area contributed by atoms with Gasteiger partial charge in [-0.05, 0) is 43.7 Å². The van der Waals surface area contributed by atoms with E-state index in [-0.39, 0.29) is 24.3 Å². The maximum Gasteiger partial charge on any atom is 0.262 e. The first kappa shape index (κ1) is 21.8. The molecule has 0 saturated carbocycles. The lowest BCUT2D eigenvalue weighted by Gasteiger charge is -2.16. The van der Waals surface area contributed by atoms with E-state index in [1.165, 1.54) is 6.92 Å². The molecule has 0 aliphatic rings. The molecule has 3 aromatic rings. The van der Waals surface area contributed by atoms with Crippen LogP contribution in [0.4, 0.5) is 5.69 Å². The predicted octanol–water partition coefficient (Wildman–Crippen LogP) is 4.40. The van der Waals surface area contributed by atoms with Crippen LogP contribution in [-0.4, -0.2) is 24.2 Å². The van der Waals surface area contributed by atoms with Gasteiger partial charge in [-0.25, -0.2) is 0 Å². The number of carbonyl (C=O) groups excluding carboxylic acids is 3. The molecule has 0 aliphatic carbocycles. The molecule has 158 valence electrons. The topological polar surface area (TPSA) is 84.5 Å². The molecule has 1 unspecified atom stereocenters. The van der Waals surface area contributed by atoms with Crippen LogP contribution >= 0.6 is 0 Å². The average Bonchev–Trinajstić information content (AvgIpc) is 2.78. The summed E-state index contributed by atoms with van der Waals surface area (Å²) < 4.78 is 5.62. The van der Waals surface area contributed by atoms with Gasteiger partial charge in [0.2, 0.25) is 0 Å². The van der Waals surface area contributed by atoms with E-state index in [4.69, 9.17) is 4.74 Å². The second kappa shape index (κ2) is 10.2. The number of rotatable bonds is 8. The third-order valence-corrected chi connectivity index (χ3v) is 4.69. The molecule has 0 aromatic heterocycles.